The summed E-state index contributed by atoms with van der Waals surface area (Å²) in [5, 5.41) is 4.62. The third-order valence-corrected chi connectivity index (χ3v) is 5.37. The average Bonchev–Trinajstić information content (AvgIpc) is 3.21. The minimum atomic E-state index is -0.449. The molecular weight excluding hydrogens is 370 g/mol. The first-order valence-electron chi connectivity index (χ1n) is 10.2. The van der Waals surface area contributed by atoms with Gasteiger partial charge in [0.05, 0.1) is 6.04 Å². The van der Waals surface area contributed by atoms with Gasteiger partial charge in [0, 0.05) is 35.2 Å². The van der Waals surface area contributed by atoms with Crippen LogP contribution in [0.1, 0.15) is 33.6 Å². The number of benzene rings is 3. The van der Waals surface area contributed by atoms with Crippen molar-refractivity contribution in [1.82, 2.24) is 15.2 Å². The zero-order valence-electron chi connectivity index (χ0n) is 17.4. The van der Waals surface area contributed by atoms with E-state index >= 15 is 0 Å². The smallest absolute Gasteiger partial charge is 0.186 e. The van der Waals surface area contributed by atoms with Gasteiger partial charge in [-0.1, -0.05) is 78.9 Å². The number of hydrogen-bond acceptors (Lipinski definition) is 3. The Morgan fingerprint density at radius 1 is 0.867 bits per heavy atom. The van der Waals surface area contributed by atoms with Crippen LogP contribution < -0.4 is 5.32 Å². The molecule has 0 aliphatic carbocycles. The quantitative estimate of drug-likeness (QED) is 0.412. The van der Waals surface area contributed by atoms with Crippen LogP contribution in [0.3, 0.4) is 0 Å². The number of rotatable bonds is 8. The maximum absolute atomic E-state index is 13.8. The lowest BCUT2D eigenvalue weighted by Gasteiger charge is -2.28. The molecule has 0 radical (unpaired) electrons. The largest absolute Gasteiger partial charge is 0.360 e. The van der Waals surface area contributed by atoms with Gasteiger partial charge >= 0.3 is 0 Å². The number of likely N-dealkylation sites (N-methyl/N-ethyl adjacent to an activating group) is 1. The van der Waals surface area contributed by atoms with Crippen molar-refractivity contribution >= 4 is 16.7 Å². The molecule has 152 valence electrons. The number of H-pyrrole nitrogens is 1. The monoisotopic (exact) mass is 397 g/mol. The molecule has 3 aromatic carbocycles. The molecule has 30 heavy (non-hydrogen) atoms. The minimum absolute atomic E-state index is 0.0144. The van der Waals surface area contributed by atoms with Crippen molar-refractivity contribution in [3.63, 3.8) is 0 Å². The number of hydrogen-bond donors (Lipinski definition) is 2. The van der Waals surface area contributed by atoms with Gasteiger partial charge in [-0.05, 0) is 31.3 Å². The van der Waals surface area contributed by atoms with E-state index in [0.29, 0.717) is 5.56 Å². The Kier molecular flexibility index (Phi) is 6.07. The normalized spacial score (nSPS) is 13.4. The molecular formula is C26H27N3O. The first-order chi connectivity index (χ1) is 14.6. The molecule has 1 heterocycles. The lowest BCUT2D eigenvalue weighted by molar-refractivity contribution is 0.0934. The lowest BCUT2D eigenvalue weighted by atomic mass is 9.95. The van der Waals surface area contributed by atoms with Crippen LogP contribution in [0, 0.1) is 0 Å². The highest BCUT2D eigenvalue weighted by atomic mass is 16.1. The van der Waals surface area contributed by atoms with Crippen LogP contribution in [0.25, 0.3) is 10.9 Å². The van der Waals surface area contributed by atoms with Crippen LogP contribution in [-0.2, 0) is 0 Å². The highest BCUT2D eigenvalue weighted by molar-refractivity contribution is 6.10. The van der Waals surface area contributed by atoms with E-state index in [0.717, 1.165) is 23.0 Å². The molecule has 0 amide bonds. The summed E-state index contributed by atoms with van der Waals surface area (Å²) in [7, 11) is 4.10. The van der Waals surface area contributed by atoms with Gasteiger partial charge in [-0.15, -0.1) is 0 Å². The number of carbonyl (C=O) groups is 1. The Morgan fingerprint density at radius 3 is 2.13 bits per heavy atom. The summed E-state index contributed by atoms with van der Waals surface area (Å²) in [6, 6.07) is 27.8. The molecule has 0 saturated heterocycles. The zero-order chi connectivity index (χ0) is 20.9. The predicted molar refractivity (Wildman–Crippen MR) is 123 cm³/mol. The van der Waals surface area contributed by atoms with Gasteiger partial charge in [0.25, 0.3) is 0 Å². The van der Waals surface area contributed by atoms with Crippen LogP contribution in [0.4, 0.5) is 0 Å². The summed E-state index contributed by atoms with van der Waals surface area (Å²) in [6.07, 6.45) is 1.83. The molecule has 4 heteroatoms. The summed E-state index contributed by atoms with van der Waals surface area (Å²) in [4.78, 5) is 19.2. The van der Waals surface area contributed by atoms with Crippen LogP contribution in [-0.4, -0.2) is 36.3 Å². The number of aromatic nitrogens is 1. The fourth-order valence-electron chi connectivity index (χ4n) is 3.91. The first kappa shape index (κ1) is 20.1. The Bertz CT molecular complexity index is 1100. The number of para-hydroxylation sites is 1. The fraction of sp³-hybridized carbons (Fsp3) is 0.192. The van der Waals surface area contributed by atoms with Gasteiger partial charge in [-0.3, -0.25) is 10.1 Å². The third-order valence-electron chi connectivity index (χ3n) is 5.37. The number of Topliss-reactive ketones (excluding diaryl/α,β-unsaturated/α-hetero) is 1. The van der Waals surface area contributed by atoms with E-state index in [4.69, 9.17) is 0 Å². The van der Waals surface area contributed by atoms with E-state index in [1.807, 2.05) is 79.0 Å². The van der Waals surface area contributed by atoms with Crippen molar-refractivity contribution in [3.8, 4) is 0 Å². The van der Waals surface area contributed by atoms with Crippen molar-refractivity contribution in [2.24, 2.45) is 0 Å². The van der Waals surface area contributed by atoms with Crippen molar-refractivity contribution < 1.29 is 4.79 Å². The second-order valence-electron chi connectivity index (χ2n) is 7.85. The molecule has 2 atom stereocenters. The zero-order valence-corrected chi connectivity index (χ0v) is 17.4. The molecule has 0 unspecified atom stereocenters. The number of nitrogens with zero attached hydrogens (tertiary/aromatic N) is 1. The molecule has 4 nitrogen and oxygen atoms in total. The molecule has 0 aliphatic rings. The van der Waals surface area contributed by atoms with E-state index in [-0.39, 0.29) is 11.8 Å². The predicted octanol–water partition coefficient (Wildman–Crippen LogP) is 4.98. The summed E-state index contributed by atoms with van der Waals surface area (Å²) < 4.78 is 0. The van der Waals surface area contributed by atoms with E-state index < -0.39 is 6.04 Å². The van der Waals surface area contributed by atoms with Gasteiger partial charge in [0.1, 0.15) is 0 Å². The summed E-state index contributed by atoms with van der Waals surface area (Å²) in [5.74, 6) is 0.0679. The minimum Gasteiger partial charge on any atom is -0.360 e. The van der Waals surface area contributed by atoms with Crippen molar-refractivity contribution in [2.75, 3.05) is 20.6 Å². The maximum atomic E-state index is 13.8. The standard InChI is InChI=1S/C26H27N3O/c1-29(2)18-24(19-11-5-3-6-12-19)28-25(20-13-7-4-8-14-20)26(30)22-17-27-23-16-10-9-15-21(22)23/h3-17,24-25,27-28H,18H2,1-2H3/t24-,25-/m1/s1. The van der Waals surface area contributed by atoms with Crippen molar-refractivity contribution in [1.29, 1.82) is 0 Å². The summed E-state index contributed by atoms with van der Waals surface area (Å²) in [6.45, 7) is 0.786. The number of nitrogens with one attached hydrogen (secondary N) is 2. The van der Waals surface area contributed by atoms with Crippen molar-refractivity contribution in [3.05, 3.63) is 108 Å². The number of aromatic amines is 1. The van der Waals surface area contributed by atoms with Gasteiger partial charge in [-0.25, -0.2) is 0 Å². The number of ketones is 1. The molecule has 0 saturated carbocycles. The van der Waals surface area contributed by atoms with Gasteiger partial charge < -0.3 is 9.88 Å². The van der Waals surface area contributed by atoms with Crippen LogP contribution in [0.5, 0.6) is 0 Å². The Balaban J connectivity index is 1.73. The SMILES string of the molecule is CN(C)C[C@@H](N[C@@H](C(=O)c1c[nH]c2ccccc12)c1ccccc1)c1ccccc1. The highest BCUT2D eigenvalue weighted by Crippen LogP contribution is 2.27. The lowest BCUT2D eigenvalue weighted by Crippen LogP contribution is -2.37. The number of fused-ring (bicyclic) bond motifs is 1. The molecule has 4 rings (SSSR count). The molecule has 2 N–H and O–H groups in total. The molecule has 4 aromatic rings. The Morgan fingerprint density at radius 2 is 1.47 bits per heavy atom. The van der Waals surface area contributed by atoms with E-state index in [1.165, 1.54) is 5.56 Å². The van der Waals surface area contributed by atoms with Crippen LogP contribution >= 0.6 is 0 Å². The molecule has 0 aliphatic heterocycles. The van der Waals surface area contributed by atoms with E-state index in [1.54, 1.807) is 0 Å². The molecule has 0 fully saturated rings. The summed E-state index contributed by atoms with van der Waals surface area (Å²) in [5.41, 5.74) is 3.82. The van der Waals surface area contributed by atoms with Crippen molar-refractivity contribution in [2.45, 2.75) is 12.1 Å². The van der Waals surface area contributed by atoms with E-state index in [2.05, 4.69) is 41.4 Å². The Hall–Kier alpha value is -3.21. The Labute approximate surface area is 177 Å². The number of carbonyl (C=O) groups excluding carboxylic acids is 1. The second-order valence-corrected chi connectivity index (χ2v) is 7.85. The average molecular weight is 398 g/mol. The van der Waals surface area contributed by atoms with Gasteiger partial charge in [-0.2, -0.15) is 0 Å². The van der Waals surface area contributed by atoms with Crippen LogP contribution in [0.15, 0.2) is 91.1 Å². The summed E-state index contributed by atoms with van der Waals surface area (Å²) >= 11 is 0. The highest BCUT2D eigenvalue weighted by Gasteiger charge is 2.27. The molecule has 1 aromatic heterocycles. The van der Waals surface area contributed by atoms with Gasteiger partial charge in [0.15, 0.2) is 5.78 Å². The third kappa shape index (κ3) is 4.35. The maximum Gasteiger partial charge on any atom is 0.186 e. The molecule has 0 bridgehead atoms. The topological polar surface area (TPSA) is 48.1 Å². The second kappa shape index (κ2) is 9.08. The van der Waals surface area contributed by atoms with Crippen LogP contribution in [0.2, 0.25) is 0 Å². The first-order valence-corrected chi connectivity index (χ1v) is 10.2. The van der Waals surface area contributed by atoms with Gasteiger partial charge in [0.2, 0.25) is 0 Å². The fourth-order valence-corrected chi connectivity index (χ4v) is 3.91. The van der Waals surface area contributed by atoms with E-state index in [9.17, 15) is 4.79 Å². The molecule has 0 spiro atoms.